The third kappa shape index (κ3) is 0.490. The number of rotatable bonds is 0. The summed E-state index contributed by atoms with van der Waals surface area (Å²) < 4.78 is 0. The maximum Gasteiger partial charge on any atom is 0.110 e. The SMILES string of the molecule is CN1CN=CN1. The molecule has 1 aliphatic heterocycles. The normalized spacial score (nSPS) is 21.5. The fourth-order valence-electron chi connectivity index (χ4n) is 0.344. The standard InChI is InChI=1S/C3H7N3/c1-6-3-4-2-5-6/h2H,3H2,1H3,(H,4,5). The Labute approximate surface area is 36.6 Å². The van der Waals surface area contributed by atoms with Crippen LogP contribution in [-0.2, 0) is 0 Å². The van der Waals surface area contributed by atoms with Crippen LogP contribution in [0.3, 0.4) is 0 Å². The van der Waals surface area contributed by atoms with E-state index in [4.69, 9.17) is 0 Å². The Bertz CT molecular complexity index is 60.4. The lowest BCUT2D eigenvalue weighted by atomic mass is 11.0. The first-order valence-electron chi connectivity index (χ1n) is 1.85. The zero-order chi connectivity index (χ0) is 4.41. The number of aliphatic imine (C=N–C) groups is 1. The van der Waals surface area contributed by atoms with E-state index in [2.05, 4.69) is 10.4 Å². The van der Waals surface area contributed by atoms with Crippen molar-refractivity contribution in [2.45, 2.75) is 0 Å². The van der Waals surface area contributed by atoms with Crippen LogP contribution in [0.5, 0.6) is 0 Å². The van der Waals surface area contributed by atoms with Gasteiger partial charge >= 0.3 is 0 Å². The molecule has 0 atom stereocenters. The van der Waals surface area contributed by atoms with Crippen molar-refractivity contribution in [2.24, 2.45) is 4.99 Å². The molecule has 1 N–H and O–H groups in total. The predicted octanol–water partition coefficient (Wildman–Crippen LogP) is -0.578. The van der Waals surface area contributed by atoms with Crippen molar-refractivity contribution in [3.8, 4) is 0 Å². The van der Waals surface area contributed by atoms with E-state index in [1.165, 1.54) is 0 Å². The van der Waals surface area contributed by atoms with Gasteiger partial charge in [0.25, 0.3) is 0 Å². The highest BCUT2D eigenvalue weighted by atomic mass is 15.5. The largest absolute Gasteiger partial charge is 0.308 e. The quantitative estimate of drug-likeness (QED) is 0.426. The molecule has 34 valence electrons. The number of nitrogens with zero attached hydrogens (tertiary/aromatic N) is 2. The molecule has 1 aliphatic rings. The molecule has 3 nitrogen and oxygen atoms in total. The lowest BCUT2D eigenvalue weighted by molar-refractivity contribution is 0.333. The summed E-state index contributed by atoms with van der Waals surface area (Å²) in [4.78, 5) is 3.85. The second kappa shape index (κ2) is 1.26. The molecule has 0 saturated heterocycles. The van der Waals surface area contributed by atoms with Gasteiger partial charge in [-0.3, -0.25) is 4.99 Å². The van der Waals surface area contributed by atoms with Crippen molar-refractivity contribution in [2.75, 3.05) is 13.7 Å². The molecule has 0 aliphatic carbocycles. The van der Waals surface area contributed by atoms with Crippen LogP contribution in [0, 0.1) is 0 Å². The third-order valence-corrected chi connectivity index (χ3v) is 0.663. The van der Waals surface area contributed by atoms with E-state index >= 15 is 0 Å². The van der Waals surface area contributed by atoms with Crippen LogP contribution in [0.1, 0.15) is 0 Å². The Balaban J connectivity index is 2.32. The number of hydrogen-bond donors (Lipinski definition) is 1. The molecule has 0 unspecified atom stereocenters. The Kier molecular flexibility index (Phi) is 0.759. The molecule has 0 amide bonds. The summed E-state index contributed by atoms with van der Waals surface area (Å²) in [6.07, 6.45) is 1.68. The second-order valence-corrected chi connectivity index (χ2v) is 1.28. The fraction of sp³-hybridized carbons (Fsp3) is 0.667. The summed E-state index contributed by atoms with van der Waals surface area (Å²) in [6, 6.07) is 0. The topological polar surface area (TPSA) is 27.6 Å². The zero-order valence-corrected chi connectivity index (χ0v) is 3.68. The summed E-state index contributed by atoms with van der Waals surface area (Å²) in [7, 11) is 1.94. The van der Waals surface area contributed by atoms with Gasteiger partial charge in [0, 0.05) is 7.05 Å². The van der Waals surface area contributed by atoms with Crippen LogP contribution >= 0.6 is 0 Å². The van der Waals surface area contributed by atoms with Crippen molar-refractivity contribution in [3.63, 3.8) is 0 Å². The van der Waals surface area contributed by atoms with E-state index in [0.717, 1.165) is 6.67 Å². The molecular formula is C3H7N3. The number of nitrogens with one attached hydrogen (secondary N) is 1. The number of hydrazine groups is 1. The molecule has 0 aromatic carbocycles. The van der Waals surface area contributed by atoms with Crippen LogP contribution in [0.15, 0.2) is 4.99 Å². The van der Waals surface area contributed by atoms with Gasteiger partial charge < -0.3 is 5.43 Å². The monoisotopic (exact) mass is 85.1 g/mol. The lowest BCUT2D eigenvalue weighted by Gasteiger charge is -2.02. The lowest BCUT2D eigenvalue weighted by Crippen LogP contribution is -2.26. The van der Waals surface area contributed by atoms with Crippen LogP contribution in [0.25, 0.3) is 0 Å². The van der Waals surface area contributed by atoms with Crippen molar-refractivity contribution >= 4 is 6.34 Å². The fourth-order valence-corrected chi connectivity index (χ4v) is 0.344. The van der Waals surface area contributed by atoms with Gasteiger partial charge in [0.05, 0.1) is 6.34 Å². The van der Waals surface area contributed by atoms with Crippen LogP contribution in [0.4, 0.5) is 0 Å². The first-order valence-corrected chi connectivity index (χ1v) is 1.85. The van der Waals surface area contributed by atoms with Crippen LogP contribution in [-0.4, -0.2) is 25.1 Å². The summed E-state index contributed by atoms with van der Waals surface area (Å²) in [6.45, 7) is 0.778. The molecule has 0 saturated carbocycles. The summed E-state index contributed by atoms with van der Waals surface area (Å²) in [5.41, 5.74) is 2.86. The van der Waals surface area contributed by atoms with Crippen LogP contribution in [0.2, 0.25) is 0 Å². The van der Waals surface area contributed by atoms with E-state index < -0.39 is 0 Å². The van der Waals surface area contributed by atoms with Crippen LogP contribution < -0.4 is 5.43 Å². The molecule has 3 heteroatoms. The Morgan fingerprint density at radius 3 is 3.00 bits per heavy atom. The van der Waals surface area contributed by atoms with Gasteiger partial charge in [0.2, 0.25) is 0 Å². The van der Waals surface area contributed by atoms with E-state index in [-0.39, 0.29) is 0 Å². The average Bonchev–Trinajstić information content (AvgIpc) is 1.86. The molecule has 1 heterocycles. The highest BCUT2D eigenvalue weighted by molar-refractivity contribution is 5.54. The Morgan fingerprint density at radius 2 is 2.83 bits per heavy atom. The van der Waals surface area contributed by atoms with E-state index in [1.54, 1.807) is 6.34 Å². The van der Waals surface area contributed by atoms with Gasteiger partial charge in [-0.1, -0.05) is 0 Å². The molecular weight excluding hydrogens is 78.1 g/mol. The van der Waals surface area contributed by atoms with Gasteiger partial charge in [-0.05, 0) is 0 Å². The van der Waals surface area contributed by atoms with Crippen molar-refractivity contribution in [3.05, 3.63) is 0 Å². The highest BCUT2D eigenvalue weighted by Gasteiger charge is 1.93. The average molecular weight is 85.1 g/mol. The first kappa shape index (κ1) is 3.61. The minimum Gasteiger partial charge on any atom is -0.308 e. The molecule has 1 rings (SSSR count). The van der Waals surface area contributed by atoms with Gasteiger partial charge in [0.15, 0.2) is 0 Å². The molecule has 0 aromatic heterocycles. The van der Waals surface area contributed by atoms with Gasteiger partial charge in [-0.25, -0.2) is 5.01 Å². The second-order valence-electron chi connectivity index (χ2n) is 1.28. The molecule has 0 spiro atoms. The molecule has 0 radical (unpaired) electrons. The van der Waals surface area contributed by atoms with Gasteiger partial charge in [-0.2, -0.15) is 0 Å². The maximum absolute atomic E-state index is 3.85. The minimum absolute atomic E-state index is 0.778. The van der Waals surface area contributed by atoms with Crippen molar-refractivity contribution in [1.29, 1.82) is 0 Å². The van der Waals surface area contributed by atoms with E-state index in [9.17, 15) is 0 Å². The van der Waals surface area contributed by atoms with Crippen molar-refractivity contribution < 1.29 is 0 Å². The van der Waals surface area contributed by atoms with Gasteiger partial charge in [0.1, 0.15) is 6.67 Å². The highest BCUT2D eigenvalue weighted by Crippen LogP contribution is 1.78. The Morgan fingerprint density at radius 1 is 2.00 bits per heavy atom. The smallest absolute Gasteiger partial charge is 0.110 e. The zero-order valence-electron chi connectivity index (χ0n) is 3.68. The molecule has 0 aromatic rings. The third-order valence-electron chi connectivity index (χ3n) is 0.663. The van der Waals surface area contributed by atoms with Crippen molar-refractivity contribution in [1.82, 2.24) is 10.4 Å². The summed E-state index contributed by atoms with van der Waals surface area (Å²) in [5.74, 6) is 0. The molecule has 0 fully saturated rings. The molecule has 6 heavy (non-hydrogen) atoms. The Hall–Kier alpha value is -0.570. The predicted molar refractivity (Wildman–Crippen MR) is 24.3 cm³/mol. The molecule has 0 bridgehead atoms. The maximum atomic E-state index is 3.85. The minimum atomic E-state index is 0.778. The van der Waals surface area contributed by atoms with E-state index in [1.807, 2.05) is 12.1 Å². The summed E-state index contributed by atoms with van der Waals surface area (Å²) in [5, 5.41) is 1.89. The number of hydrogen-bond acceptors (Lipinski definition) is 3. The van der Waals surface area contributed by atoms with E-state index in [0.29, 0.717) is 0 Å². The first-order chi connectivity index (χ1) is 2.89. The summed E-state index contributed by atoms with van der Waals surface area (Å²) >= 11 is 0. The van der Waals surface area contributed by atoms with Gasteiger partial charge in [-0.15, -0.1) is 0 Å².